The summed E-state index contributed by atoms with van der Waals surface area (Å²) in [7, 11) is 1.77. The van der Waals surface area contributed by atoms with Crippen LogP contribution in [-0.4, -0.2) is 32.7 Å². The maximum Gasteiger partial charge on any atom is 0.333 e. The Labute approximate surface area is 195 Å². The minimum Gasteiger partial charge on any atom is -0.478 e. The van der Waals surface area contributed by atoms with Crippen LogP contribution in [0, 0.1) is 19.7 Å². The molecule has 0 fully saturated rings. The van der Waals surface area contributed by atoms with Crippen LogP contribution >= 0.6 is 0 Å². The van der Waals surface area contributed by atoms with E-state index in [-0.39, 0.29) is 23.5 Å². The molecule has 2 aromatic carbocycles. The van der Waals surface area contributed by atoms with Crippen molar-refractivity contribution in [2.45, 2.75) is 26.2 Å². The number of amides is 2. The number of anilines is 1. The summed E-state index contributed by atoms with van der Waals surface area (Å²) in [5.74, 6) is -3.34. The predicted molar refractivity (Wildman–Crippen MR) is 124 cm³/mol. The fraction of sp³-hybridized carbons (Fsp3) is 0.200. The van der Waals surface area contributed by atoms with Crippen molar-refractivity contribution in [2.75, 3.05) is 4.90 Å². The summed E-state index contributed by atoms with van der Waals surface area (Å²) in [4.78, 5) is 38.7. The number of benzene rings is 2. The quantitative estimate of drug-likeness (QED) is 0.602. The fourth-order valence-electron chi connectivity index (χ4n) is 4.14. The summed E-state index contributed by atoms with van der Waals surface area (Å²) in [6.07, 6.45) is 1.17. The number of hydrogen-bond donors (Lipinski definition) is 2. The van der Waals surface area contributed by atoms with Crippen LogP contribution in [0.5, 0.6) is 0 Å². The molecule has 2 amide bonds. The lowest BCUT2D eigenvalue weighted by Gasteiger charge is -2.31. The molecule has 2 heterocycles. The Morgan fingerprint density at radius 1 is 1.15 bits per heavy atom. The number of aliphatic carboxylic acids is 1. The van der Waals surface area contributed by atoms with Gasteiger partial charge in [0, 0.05) is 42.4 Å². The smallest absolute Gasteiger partial charge is 0.333 e. The van der Waals surface area contributed by atoms with Gasteiger partial charge in [-0.3, -0.25) is 19.2 Å². The highest BCUT2D eigenvalue weighted by Crippen LogP contribution is 2.39. The van der Waals surface area contributed by atoms with Crippen LogP contribution in [0.2, 0.25) is 0 Å². The molecule has 1 aliphatic heterocycles. The number of carboxylic acid groups (broad SMARTS) is 1. The molecule has 0 aliphatic carbocycles. The van der Waals surface area contributed by atoms with Crippen molar-refractivity contribution in [3.05, 3.63) is 82.4 Å². The van der Waals surface area contributed by atoms with Crippen molar-refractivity contribution in [1.82, 2.24) is 9.78 Å². The third kappa shape index (κ3) is 4.07. The second-order valence-corrected chi connectivity index (χ2v) is 8.30. The average molecular weight is 462 g/mol. The molecule has 0 saturated carbocycles. The van der Waals surface area contributed by atoms with Gasteiger partial charge in [-0.05, 0) is 55.3 Å². The minimum absolute atomic E-state index is 0.00834. The molecule has 0 unspecified atom stereocenters. The Morgan fingerprint density at radius 2 is 1.82 bits per heavy atom. The van der Waals surface area contributed by atoms with Gasteiger partial charge in [0.15, 0.2) is 0 Å². The molecular formula is C25H23FN4O4. The summed E-state index contributed by atoms with van der Waals surface area (Å²) < 4.78 is 15.0. The highest BCUT2D eigenvalue weighted by Gasteiger charge is 2.34. The van der Waals surface area contributed by atoms with E-state index in [4.69, 9.17) is 5.73 Å². The molecule has 174 valence electrons. The number of hydrogen-bond acceptors (Lipinski definition) is 4. The van der Waals surface area contributed by atoms with Crippen LogP contribution < -0.4 is 10.6 Å². The average Bonchev–Trinajstić information content (AvgIpc) is 3.11. The molecule has 1 aliphatic rings. The molecule has 0 bridgehead atoms. The third-order valence-electron chi connectivity index (χ3n) is 6.07. The molecule has 1 atom stereocenters. The third-order valence-corrected chi connectivity index (χ3v) is 6.07. The zero-order valence-corrected chi connectivity index (χ0v) is 18.9. The van der Waals surface area contributed by atoms with Gasteiger partial charge >= 0.3 is 5.97 Å². The topological polar surface area (TPSA) is 119 Å². The van der Waals surface area contributed by atoms with Crippen molar-refractivity contribution in [3.8, 4) is 11.3 Å². The molecule has 0 spiro atoms. The standard InChI is InChI=1S/C25H23FN4O4/c1-13-8-22(19(10-17(13)24(27)32)21-9-14(2)29(3)28-21)30-12-20(25(33)34)18(11-23(30)31)15-4-6-16(26)7-5-15/h4-10,12,18H,11H2,1-3H3,(H2,27,32)(H,33,34)/t18-/m0/s1. The van der Waals surface area contributed by atoms with Gasteiger partial charge in [0.05, 0.1) is 17.0 Å². The second-order valence-electron chi connectivity index (χ2n) is 8.30. The van der Waals surface area contributed by atoms with E-state index < -0.39 is 23.6 Å². The highest BCUT2D eigenvalue weighted by atomic mass is 19.1. The Hall–Kier alpha value is -4.27. The van der Waals surface area contributed by atoms with Crippen molar-refractivity contribution >= 4 is 23.5 Å². The predicted octanol–water partition coefficient (Wildman–Crippen LogP) is 3.43. The van der Waals surface area contributed by atoms with E-state index in [1.165, 1.54) is 35.4 Å². The molecule has 0 radical (unpaired) electrons. The molecular weight excluding hydrogens is 439 g/mol. The zero-order valence-electron chi connectivity index (χ0n) is 18.9. The van der Waals surface area contributed by atoms with Gasteiger partial charge in [0.2, 0.25) is 11.8 Å². The second kappa shape index (κ2) is 8.58. The van der Waals surface area contributed by atoms with Gasteiger partial charge in [0.1, 0.15) is 5.82 Å². The zero-order chi connectivity index (χ0) is 24.7. The SMILES string of the molecule is Cc1cc(N2C=C(C(=O)O)[C@H](c3ccc(F)cc3)CC2=O)c(-c2cc(C)n(C)n2)cc1C(N)=O. The lowest BCUT2D eigenvalue weighted by Crippen LogP contribution is -2.35. The largest absolute Gasteiger partial charge is 0.478 e. The number of primary amides is 1. The van der Waals surface area contributed by atoms with E-state index in [9.17, 15) is 23.9 Å². The normalized spacial score (nSPS) is 15.9. The first kappa shape index (κ1) is 22.9. The first-order valence-corrected chi connectivity index (χ1v) is 10.5. The van der Waals surface area contributed by atoms with Crippen molar-refractivity contribution in [2.24, 2.45) is 12.8 Å². The molecule has 0 saturated heterocycles. The lowest BCUT2D eigenvalue weighted by atomic mass is 9.85. The molecule has 1 aromatic heterocycles. The van der Waals surface area contributed by atoms with Gasteiger partial charge in [0.25, 0.3) is 0 Å². The Kier molecular flexibility index (Phi) is 5.78. The summed E-state index contributed by atoms with van der Waals surface area (Å²) in [5, 5.41) is 14.4. The number of halogens is 1. The lowest BCUT2D eigenvalue weighted by molar-refractivity contribution is -0.133. The van der Waals surface area contributed by atoms with E-state index in [1.807, 2.05) is 6.92 Å². The Bertz CT molecular complexity index is 1340. The van der Waals surface area contributed by atoms with Crippen molar-refractivity contribution in [1.29, 1.82) is 0 Å². The van der Waals surface area contributed by atoms with Crippen molar-refractivity contribution < 1.29 is 23.9 Å². The summed E-state index contributed by atoms with van der Waals surface area (Å²) >= 11 is 0. The van der Waals surface area contributed by atoms with Crippen LogP contribution in [-0.2, 0) is 16.6 Å². The van der Waals surface area contributed by atoms with Crippen LogP contribution in [0.3, 0.4) is 0 Å². The highest BCUT2D eigenvalue weighted by molar-refractivity contribution is 6.06. The summed E-state index contributed by atoms with van der Waals surface area (Å²) in [5.41, 5.74) is 9.11. The number of carboxylic acids is 1. The Balaban J connectivity index is 1.90. The number of carbonyl (C=O) groups excluding carboxylic acids is 2. The monoisotopic (exact) mass is 462 g/mol. The van der Waals surface area contributed by atoms with Gasteiger partial charge < -0.3 is 10.8 Å². The van der Waals surface area contributed by atoms with Gasteiger partial charge in [-0.25, -0.2) is 9.18 Å². The summed E-state index contributed by atoms with van der Waals surface area (Å²) in [6, 6.07) is 10.4. The van der Waals surface area contributed by atoms with E-state index in [2.05, 4.69) is 5.10 Å². The number of nitrogens with zero attached hydrogens (tertiary/aromatic N) is 3. The van der Waals surface area contributed by atoms with Crippen LogP contribution in [0.15, 0.2) is 54.2 Å². The number of aryl methyl sites for hydroxylation is 3. The molecule has 9 heteroatoms. The fourth-order valence-corrected chi connectivity index (χ4v) is 4.14. The first-order valence-electron chi connectivity index (χ1n) is 10.5. The summed E-state index contributed by atoms with van der Waals surface area (Å²) in [6.45, 7) is 3.55. The number of nitrogens with two attached hydrogens (primary N) is 1. The molecule has 3 N–H and O–H groups in total. The van der Waals surface area contributed by atoms with Gasteiger partial charge in [-0.2, -0.15) is 5.10 Å². The number of rotatable bonds is 5. The van der Waals surface area contributed by atoms with Gasteiger partial charge in [-0.1, -0.05) is 12.1 Å². The molecule has 8 nitrogen and oxygen atoms in total. The number of carbonyl (C=O) groups is 3. The van der Waals surface area contributed by atoms with E-state index >= 15 is 0 Å². The maximum absolute atomic E-state index is 13.4. The molecule has 34 heavy (non-hydrogen) atoms. The number of aromatic nitrogens is 2. The van der Waals surface area contributed by atoms with E-state index in [1.54, 1.807) is 36.9 Å². The van der Waals surface area contributed by atoms with Crippen LogP contribution in [0.25, 0.3) is 11.3 Å². The van der Waals surface area contributed by atoms with E-state index in [0.717, 1.165) is 5.69 Å². The van der Waals surface area contributed by atoms with Crippen molar-refractivity contribution in [3.63, 3.8) is 0 Å². The van der Waals surface area contributed by atoms with E-state index in [0.29, 0.717) is 28.1 Å². The minimum atomic E-state index is -1.19. The van der Waals surface area contributed by atoms with Gasteiger partial charge in [-0.15, -0.1) is 0 Å². The van der Waals surface area contributed by atoms with Crippen LogP contribution in [0.4, 0.5) is 10.1 Å². The Morgan fingerprint density at radius 3 is 2.38 bits per heavy atom. The van der Waals surface area contributed by atoms with Crippen LogP contribution in [0.1, 0.15) is 39.5 Å². The first-order chi connectivity index (χ1) is 16.1. The molecule has 3 aromatic rings. The molecule has 4 rings (SSSR count). The maximum atomic E-state index is 13.4.